The summed E-state index contributed by atoms with van der Waals surface area (Å²) in [4.78, 5) is 16.7. The number of pyridine rings is 1. The summed E-state index contributed by atoms with van der Waals surface area (Å²) in [7, 11) is -3.90. The average molecular weight is 441 g/mol. The Kier molecular flexibility index (Phi) is 5.85. The molecule has 2 aromatic heterocycles. The minimum Gasteiger partial charge on any atom is -0.394 e. The van der Waals surface area contributed by atoms with Gasteiger partial charge in [-0.05, 0) is 25.0 Å². The van der Waals surface area contributed by atoms with E-state index < -0.39 is 22.7 Å². The number of aliphatic hydroxyl groups excluding tert-OH is 2. The summed E-state index contributed by atoms with van der Waals surface area (Å²) in [6.07, 6.45) is 3.42. The van der Waals surface area contributed by atoms with Crippen LogP contribution in [0.5, 0.6) is 0 Å². The zero-order chi connectivity index (χ0) is 20.6. The van der Waals surface area contributed by atoms with Crippen LogP contribution in [0.1, 0.15) is 36.9 Å². The SMILES string of the molecule is O=c1c2c([nH]n1-c1ccc(S(=O)(=O)N(CC(O)CO)C3CCCC3)cn1)CSC2. The van der Waals surface area contributed by atoms with Crippen LogP contribution in [0.25, 0.3) is 5.82 Å². The van der Waals surface area contributed by atoms with Gasteiger partial charge in [-0.15, -0.1) is 0 Å². The maximum atomic E-state index is 13.2. The maximum absolute atomic E-state index is 13.2. The molecule has 0 bridgehead atoms. The summed E-state index contributed by atoms with van der Waals surface area (Å²) in [5, 5.41) is 22.1. The second-order valence-electron chi connectivity index (χ2n) is 7.40. The number of aliphatic hydroxyl groups is 2. The molecule has 1 atom stereocenters. The Hall–Kier alpha value is -1.66. The van der Waals surface area contributed by atoms with Crippen molar-refractivity contribution in [3.05, 3.63) is 39.9 Å². The van der Waals surface area contributed by atoms with Gasteiger partial charge in [0.1, 0.15) is 4.90 Å². The van der Waals surface area contributed by atoms with Crippen molar-refractivity contribution in [3.63, 3.8) is 0 Å². The first-order chi connectivity index (χ1) is 13.9. The van der Waals surface area contributed by atoms with Crippen molar-refractivity contribution in [3.8, 4) is 5.82 Å². The molecule has 0 spiro atoms. The molecular weight excluding hydrogens is 416 g/mol. The minimum atomic E-state index is -3.90. The van der Waals surface area contributed by atoms with Gasteiger partial charge in [-0.2, -0.15) is 16.1 Å². The third-order valence-corrected chi connectivity index (χ3v) is 8.34. The quantitative estimate of drug-likeness (QED) is 0.575. The van der Waals surface area contributed by atoms with Gasteiger partial charge in [0.25, 0.3) is 5.56 Å². The van der Waals surface area contributed by atoms with E-state index in [0.717, 1.165) is 42.7 Å². The zero-order valence-corrected chi connectivity index (χ0v) is 17.5. The van der Waals surface area contributed by atoms with Gasteiger partial charge < -0.3 is 10.2 Å². The van der Waals surface area contributed by atoms with Crippen molar-refractivity contribution in [2.75, 3.05) is 13.2 Å². The summed E-state index contributed by atoms with van der Waals surface area (Å²) in [5.41, 5.74) is 1.45. The van der Waals surface area contributed by atoms with Crippen molar-refractivity contribution < 1.29 is 18.6 Å². The molecule has 158 valence electrons. The Labute approximate surface area is 172 Å². The smallest absolute Gasteiger partial charge is 0.276 e. The molecule has 1 aliphatic carbocycles. The highest BCUT2D eigenvalue weighted by atomic mass is 32.2. The lowest BCUT2D eigenvalue weighted by Gasteiger charge is -2.29. The van der Waals surface area contributed by atoms with Gasteiger partial charge in [0.2, 0.25) is 10.0 Å². The lowest BCUT2D eigenvalue weighted by atomic mass is 10.2. The van der Waals surface area contributed by atoms with Gasteiger partial charge in [0, 0.05) is 30.3 Å². The van der Waals surface area contributed by atoms with E-state index in [1.807, 2.05) is 0 Å². The van der Waals surface area contributed by atoms with Crippen LogP contribution in [0.4, 0.5) is 0 Å². The Bertz CT molecular complexity index is 1030. The van der Waals surface area contributed by atoms with Gasteiger partial charge in [-0.25, -0.2) is 18.1 Å². The fourth-order valence-electron chi connectivity index (χ4n) is 3.90. The highest BCUT2D eigenvalue weighted by Gasteiger charge is 2.35. The van der Waals surface area contributed by atoms with Crippen LogP contribution in [0.3, 0.4) is 0 Å². The van der Waals surface area contributed by atoms with Gasteiger partial charge in [-0.1, -0.05) is 12.8 Å². The number of aromatic nitrogens is 3. The summed E-state index contributed by atoms with van der Waals surface area (Å²) < 4.78 is 29.0. The molecule has 11 heteroatoms. The fourth-order valence-corrected chi connectivity index (χ4v) is 6.61. The first-order valence-corrected chi connectivity index (χ1v) is 12.2. The van der Waals surface area contributed by atoms with E-state index in [-0.39, 0.29) is 23.0 Å². The topological polar surface area (TPSA) is 129 Å². The number of nitrogens with zero attached hydrogens (tertiary/aromatic N) is 3. The monoisotopic (exact) mass is 440 g/mol. The molecule has 3 heterocycles. The van der Waals surface area contributed by atoms with E-state index in [9.17, 15) is 23.4 Å². The van der Waals surface area contributed by atoms with Crippen LogP contribution in [0.15, 0.2) is 28.0 Å². The molecule has 29 heavy (non-hydrogen) atoms. The lowest BCUT2D eigenvalue weighted by Crippen LogP contribution is -2.44. The Morgan fingerprint density at radius 2 is 2.07 bits per heavy atom. The van der Waals surface area contributed by atoms with Gasteiger partial charge in [0.15, 0.2) is 5.82 Å². The van der Waals surface area contributed by atoms with Crippen LogP contribution in [-0.4, -0.2) is 63.0 Å². The summed E-state index contributed by atoms with van der Waals surface area (Å²) >= 11 is 1.67. The number of hydrogen-bond donors (Lipinski definition) is 3. The summed E-state index contributed by atoms with van der Waals surface area (Å²) in [6, 6.07) is 2.73. The predicted molar refractivity (Wildman–Crippen MR) is 108 cm³/mol. The summed E-state index contributed by atoms with van der Waals surface area (Å²) in [5.74, 6) is 1.73. The number of fused-ring (bicyclic) bond motifs is 1. The highest BCUT2D eigenvalue weighted by Crippen LogP contribution is 2.29. The van der Waals surface area contributed by atoms with Crippen LogP contribution in [0, 0.1) is 0 Å². The molecule has 2 aromatic rings. The van der Waals surface area contributed by atoms with Crippen molar-refractivity contribution in [2.24, 2.45) is 0 Å². The number of sulfonamides is 1. The van der Waals surface area contributed by atoms with E-state index >= 15 is 0 Å². The van der Waals surface area contributed by atoms with Crippen molar-refractivity contribution >= 4 is 21.8 Å². The lowest BCUT2D eigenvalue weighted by molar-refractivity contribution is 0.0715. The van der Waals surface area contributed by atoms with Crippen LogP contribution in [0.2, 0.25) is 0 Å². The maximum Gasteiger partial charge on any atom is 0.276 e. The van der Waals surface area contributed by atoms with Crippen molar-refractivity contribution in [1.29, 1.82) is 0 Å². The van der Waals surface area contributed by atoms with Gasteiger partial charge in [-0.3, -0.25) is 9.89 Å². The molecule has 2 aliphatic rings. The third kappa shape index (κ3) is 3.89. The molecule has 1 unspecified atom stereocenters. The molecule has 1 fully saturated rings. The minimum absolute atomic E-state index is 0.000918. The third-order valence-electron chi connectivity index (χ3n) is 5.45. The van der Waals surface area contributed by atoms with E-state index in [0.29, 0.717) is 11.6 Å². The first-order valence-electron chi connectivity index (χ1n) is 9.59. The molecule has 4 rings (SSSR count). The predicted octanol–water partition coefficient (Wildman–Crippen LogP) is 0.594. The van der Waals surface area contributed by atoms with Crippen LogP contribution >= 0.6 is 11.8 Å². The van der Waals surface area contributed by atoms with Gasteiger partial charge >= 0.3 is 0 Å². The molecule has 0 radical (unpaired) electrons. The molecule has 1 saturated carbocycles. The number of rotatable bonds is 7. The number of nitrogens with one attached hydrogen (secondary N) is 1. The van der Waals surface area contributed by atoms with Crippen molar-refractivity contribution in [2.45, 2.75) is 54.2 Å². The number of H-pyrrole nitrogens is 1. The number of hydrogen-bond acceptors (Lipinski definition) is 7. The van der Waals surface area contributed by atoms with Crippen molar-refractivity contribution in [1.82, 2.24) is 19.1 Å². The second kappa shape index (κ2) is 8.23. The molecule has 1 aliphatic heterocycles. The second-order valence-corrected chi connectivity index (χ2v) is 10.3. The fraction of sp³-hybridized carbons (Fsp3) is 0.556. The Balaban J connectivity index is 1.63. The molecule has 0 aromatic carbocycles. The number of aromatic amines is 1. The van der Waals surface area contributed by atoms with Gasteiger partial charge in [0.05, 0.1) is 24.0 Å². The standard InChI is InChI=1S/C18H24N4O5S2/c23-9-13(24)8-21(12-3-1-2-4-12)29(26,27)14-5-6-17(19-7-14)22-18(25)15-10-28-11-16(15)20-22/h5-7,12-13,20,23-24H,1-4,8-11H2. The molecule has 0 saturated heterocycles. The largest absolute Gasteiger partial charge is 0.394 e. The van der Waals surface area contributed by atoms with Crippen LogP contribution < -0.4 is 5.56 Å². The Morgan fingerprint density at radius 3 is 2.69 bits per heavy atom. The van der Waals surface area contributed by atoms with Crippen LogP contribution in [-0.2, 0) is 21.5 Å². The average Bonchev–Trinajstić information content (AvgIpc) is 3.45. The molecule has 0 amide bonds. The summed E-state index contributed by atoms with van der Waals surface area (Å²) in [6.45, 7) is -0.666. The molecule has 9 nitrogen and oxygen atoms in total. The zero-order valence-electron chi connectivity index (χ0n) is 15.8. The number of thioether (sulfide) groups is 1. The Morgan fingerprint density at radius 1 is 1.31 bits per heavy atom. The van der Waals surface area contributed by atoms with E-state index in [1.54, 1.807) is 11.8 Å². The van der Waals surface area contributed by atoms with E-state index in [4.69, 9.17) is 0 Å². The van der Waals surface area contributed by atoms with E-state index in [1.165, 1.54) is 27.3 Å². The molecule has 3 N–H and O–H groups in total. The highest BCUT2D eigenvalue weighted by molar-refractivity contribution is 7.98. The van der Waals surface area contributed by atoms with E-state index in [2.05, 4.69) is 10.1 Å². The normalized spacial score (nSPS) is 18.4. The molecular formula is C18H24N4O5S2. The first kappa shape index (κ1) is 20.6.